The van der Waals surface area contributed by atoms with Crippen molar-refractivity contribution in [2.75, 3.05) is 24.1 Å². The van der Waals surface area contributed by atoms with Gasteiger partial charge in [0.1, 0.15) is 23.7 Å². The fraction of sp³-hybridized carbons (Fsp3) is 0.308. The van der Waals surface area contributed by atoms with Crippen molar-refractivity contribution in [2.45, 2.75) is 38.6 Å². The van der Waals surface area contributed by atoms with E-state index in [1.807, 2.05) is 12.1 Å². The molecule has 1 aliphatic heterocycles. The van der Waals surface area contributed by atoms with E-state index in [-0.39, 0.29) is 17.8 Å². The minimum absolute atomic E-state index is 0.172. The maximum absolute atomic E-state index is 12.8. The highest BCUT2D eigenvalue weighted by Gasteiger charge is 2.28. The fourth-order valence-corrected chi connectivity index (χ4v) is 4.62. The maximum atomic E-state index is 12.8. The molecule has 0 spiro atoms. The van der Waals surface area contributed by atoms with Gasteiger partial charge in [-0.1, -0.05) is 26.0 Å². The largest absolute Gasteiger partial charge is 0.465 e. The summed E-state index contributed by atoms with van der Waals surface area (Å²) in [6, 6.07) is 10.7. The smallest absolute Gasteiger partial charge is 0.407 e. The van der Waals surface area contributed by atoms with Crippen LogP contribution in [-0.2, 0) is 0 Å². The fourth-order valence-electron chi connectivity index (χ4n) is 4.62. The molecule has 4 aromatic rings. The van der Waals surface area contributed by atoms with E-state index in [2.05, 4.69) is 34.1 Å². The predicted octanol–water partition coefficient (Wildman–Crippen LogP) is 4.16. The Kier molecular flexibility index (Phi) is 6.43. The van der Waals surface area contributed by atoms with Crippen molar-refractivity contribution >= 4 is 34.7 Å². The third-order valence-corrected chi connectivity index (χ3v) is 6.64. The number of pyridine rings is 1. The molecule has 3 aromatic heterocycles. The molecule has 0 radical (unpaired) electrons. The highest BCUT2D eigenvalue weighted by Crippen LogP contribution is 2.34. The Labute approximate surface area is 213 Å². The van der Waals surface area contributed by atoms with Gasteiger partial charge in [0.05, 0.1) is 11.4 Å². The Hall–Kier alpha value is -4.54. The number of aromatic nitrogens is 5. The first kappa shape index (κ1) is 24.2. The molecule has 1 unspecified atom stereocenters. The minimum Gasteiger partial charge on any atom is -0.465 e. The highest BCUT2D eigenvalue weighted by atomic mass is 16.4. The number of likely N-dealkylation sites (tertiary alicyclic amines) is 1. The minimum atomic E-state index is -0.949. The average Bonchev–Trinajstić information content (AvgIpc) is 3.30. The van der Waals surface area contributed by atoms with E-state index in [1.165, 1.54) is 11.2 Å². The molecule has 2 amide bonds. The molecule has 37 heavy (non-hydrogen) atoms. The zero-order chi connectivity index (χ0) is 26.1. The second-order valence-electron chi connectivity index (χ2n) is 9.44. The van der Waals surface area contributed by atoms with Crippen LogP contribution < -0.4 is 11.1 Å². The summed E-state index contributed by atoms with van der Waals surface area (Å²) in [6.07, 6.45) is 3.62. The van der Waals surface area contributed by atoms with Gasteiger partial charge < -0.3 is 21.1 Å². The van der Waals surface area contributed by atoms with Crippen LogP contribution in [0.2, 0.25) is 0 Å². The SMILES string of the molecule is CC(C)c1ccnc(NC(=O)c2ccc(-c3nn(C4CCCN(C(=O)O)C4)c4ncnc(N)c34)cc2)c1. The number of nitrogens with zero attached hydrogens (tertiary/aromatic N) is 6. The molecule has 0 saturated carbocycles. The Balaban J connectivity index is 1.44. The van der Waals surface area contributed by atoms with Crippen molar-refractivity contribution in [1.82, 2.24) is 29.6 Å². The summed E-state index contributed by atoms with van der Waals surface area (Å²) in [5, 5.41) is 17.7. The van der Waals surface area contributed by atoms with Gasteiger partial charge in [-0.05, 0) is 48.6 Å². The summed E-state index contributed by atoms with van der Waals surface area (Å²) in [6.45, 7) is 4.98. The van der Waals surface area contributed by atoms with Crippen molar-refractivity contribution in [3.05, 3.63) is 60.0 Å². The van der Waals surface area contributed by atoms with Crippen LogP contribution in [0, 0.1) is 0 Å². The number of benzene rings is 1. The van der Waals surface area contributed by atoms with Crippen molar-refractivity contribution in [3.8, 4) is 11.3 Å². The standard InChI is InChI=1S/C26H28N8O3/c1-15(2)18-9-10-28-20(12-18)31-25(35)17-7-5-16(6-8-17)22-21-23(27)29-14-30-24(21)34(32-22)19-4-3-11-33(13-19)26(36)37/h5-10,12,14-15,19H,3-4,11,13H2,1-2H3,(H,36,37)(H2,27,29,30)(H,28,31,35). The van der Waals surface area contributed by atoms with E-state index in [4.69, 9.17) is 10.8 Å². The van der Waals surface area contributed by atoms with E-state index >= 15 is 0 Å². The lowest BCUT2D eigenvalue weighted by Gasteiger charge is -2.30. The summed E-state index contributed by atoms with van der Waals surface area (Å²) in [5.41, 5.74) is 9.67. The van der Waals surface area contributed by atoms with E-state index in [9.17, 15) is 14.7 Å². The number of hydrogen-bond donors (Lipinski definition) is 3. The van der Waals surface area contributed by atoms with Crippen LogP contribution in [-0.4, -0.2) is 59.8 Å². The summed E-state index contributed by atoms with van der Waals surface area (Å²) >= 11 is 0. The second-order valence-corrected chi connectivity index (χ2v) is 9.44. The highest BCUT2D eigenvalue weighted by molar-refractivity contribution is 6.04. The molecule has 1 saturated heterocycles. The predicted molar refractivity (Wildman–Crippen MR) is 139 cm³/mol. The Morgan fingerprint density at radius 3 is 2.65 bits per heavy atom. The summed E-state index contributed by atoms with van der Waals surface area (Å²) in [7, 11) is 0. The molecular formula is C26H28N8O3. The number of nitrogens with one attached hydrogen (secondary N) is 1. The van der Waals surface area contributed by atoms with Crippen molar-refractivity contribution in [1.29, 1.82) is 0 Å². The molecule has 4 N–H and O–H groups in total. The number of nitrogen functional groups attached to an aromatic ring is 1. The van der Waals surface area contributed by atoms with Gasteiger partial charge in [0.25, 0.3) is 5.91 Å². The van der Waals surface area contributed by atoms with Crippen LogP contribution >= 0.6 is 0 Å². The van der Waals surface area contributed by atoms with Gasteiger partial charge in [-0.2, -0.15) is 5.10 Å². The molecule has 11 nitrogen and oxygen atoms in total. The van der Waals surface area contributed by atoms with Crippen LogP contribution in [0.1, 0.15) is 54.6 Å². The van der Waals surface area contributed by atoms with Gasteiger partial charge in [0, 0.05) is 30.4 Å². The summed E-state index contributed by atoms with van der Waals surface area (Å²) in [4.78, 5) is 38.6. The van der Waals surface area contributed by atoms with Gasteiger partial charge in [-0.15, -0.1) is 0 Å². The molecular weight excluding hydrogens is 472 g/mol. The van der Waals surface area contributed by atoms with Crippen LogP contribution in [0.15, 0.2) is 48.9 Å². The number of piperidine rings is 1. The third kappa shape index (κ3) is 4.80. The summed E-state index contributed by atoms with van der Waals surface area (Å²) < 4.78 is 1.76. The van der Waals surface area contributed by atoms with E-state index < -0.39 is 6.09 Å². The van der Waals surface area contributed by atoms with Crippen molar-refractivity contribution in [2.24, 2.45) is 0 Å². The number of amides is 2. The first-order valence-electron chi connectivity index (χ1n) is 12.2. The summed E-state index contributed by atoms with van der Waals surface area (Å²) in [5.74, 6) is 0.840. The van der Waals surface area contributed by atoms with Crippen LogP contribution in [0.25, 0.3) is 22.3 Å². The maximum Gasteiger partial charge on any atom is 0.407 e. The lowest BCUT2D eigenvalue weighted by atomic mass is 10.0. The zero-order valence-electron chi connectivity index (χ0n) is 20.6. The van der Waals surface area contributed by atoms with Crippen molar-refractivity contribution < 1.29 is 14.7 Å². The molecule has 190 valence electrons. The van der Waals surface area contributed by atoms with Crippen LogP contribution in [0.4, 0.5) is 16.4 Å². The van der Waals surface area contributed by atoms with E-state index in [1.54, 1.807) is 35.1 Å². The second kappa shape index (κ2) is 9.84. The third-order valence-electron chi connectivity index (χ3n) is 6.64. The quantitative estimate of drug-likeness (QED) is 0.369. The lowest BCUT2D eigenvalue weighted by molar-refractivity contribution is 0.102. The van der Waals surface area contributed by atoms with Gasteiger partial charge >= 0.3 is 6.09 Å². The average molecular weight is 501 g/mol. The molecule has 1 aromatic carbocycles. The van der Waals surface area contributed by atoms with E-state index in [0.717, 1.165) is 24.0 Å². The number of fused-ring (bicyclic) bond motifs is 1. The monoisotopic (exact) mass is 500 g/mol. The number of nitrogens with two attached hydrogens (primary N) is 1. The molecule has 11 heteroatoms. The molecule has 0 bridgehead atoms. The van der Waals surface area contributed by atoms with Gasteiger partial charge in [-0.3, -0.25) is 4.79 Å². The van der Waals surface area contributed by atoms with Crippen LogP contribution in [0.5, 0.6) is 0 Å². The Morgan fingerprint density at radius 2 is 1.92 bits per heavy atom. The van der Waals surface area contributed by atoms with Gasteiger partial charge in [0.15, 0.2) is 5.65 Å². The molecule has 1 atom stereocenters. The Bertz CT molecular complexity index is 1460. The normalized spacial score (nSPS) is 15.8. The number of hydrogen-bond acceptors (Lipinski definition) is 7. The number of rotatable bonds is 5. The Morgan fingerprint density at radius 1 is 1.14 bits per heavy atom. The molecule has 1 aliphatic rings. The lowest BCUT2D eigenvalue weighted by Crippen LogP contribution is -2.40. The topological polar surface area (TPSA) is 152 Å². The van der Waals surface area contributed by atoms with Gasteiger partial charge in [0.2, 0.25) is 0 Å². The van der Waals surface area contributed by atoms with Gasteiger partial charge in [-0.25, -0.2) is 24.4 Å². The number of carbonyl (C=O) groups excluding carboxylic acids is 1. The number of carboxylic acid groups (broad SMARTS) is 1. The van der Waals surface area contributed by atoms with E-state index in [0.29, 0.717) is 47.1 Å². The first-order chi connectivity index (χ1) is 17.8. The van der Waals surface area contributed by atoms with Crippen molar-refractivity contribution in [3.63, 3.8) is 0 Å². The molecule has 4 heterocycles. The van der Waals surface area contributed by atoms with Crippen LogP contribution in [0.3, 0.4) is 0 Å². The number of anilines is 2. The molecule has 5 rings (SSSR count). The number of carbonyl (C=O) groups is 2. The molecule has 0 aliphatic carbocycles. The first-order valence-corrected chi connectivity index (χ1v) is 12.2. The zero-order valence-corrected chi connectivity index (χ0v) is 20.6. The molecule has 1 fully saturated rings.